The molecule has 0 saturated heterocycles. The second-order valence-electron chi connectivity index (χ2n) is 4.73. The number of benzene rings is 1. The topological polar surface area (TPSA) is 18.5 Å². The molecule has 0 atom stereocenters. The molecule has 2 nitrogen and oxygen atoms in total. The number of hydrogen-bond donors (Lipinski definition) is 0. The minimum Gasteiger partial charge on any atom is -0.346 e. The van der Waals surface area contributed by atoms with E-state index in [9.17, 15) is 0 Å². The Hall–Kier alpha value is -1.12. The molecule has 2 heteroatoms. The molecule has 1 aromatic rings. The van der Waals surface area contributed by atoms with Gasteiger partial charge in [-0.25, -0.2) is 0 Å². The summed E-state index contributed by atoms with van der Waals surface area (Å²) in [5.74, 6) is -0.619. The lowest BCUT2D eigenvalue weighted by Gasteiger charge is -2.32. The van der Waals surface area contributed by atoms with E-state index in [1.165, 1.54) is 35.1 Å². The van der Waals surface area contributed by atoms with E-state index in [0.717, 1.165) is 12.8 Å². The maximum atomic E-state index is 5.76. The molecule has 0 radical (unpaired) electrons. The largest absolute Gasteiger partial charge is 0.346 e. The van der Waals surface area contributed by atoms with Gasteiger partial charge in [0, 0.05) is 19.8 Å². The summed E-state index contributed by atoms with van der Waals surface area (Å²) in [6, 6.07) is 8.47. The van der Waals surface area contributed by atoms with Crippen LogP contribution in [0.4, 0.5) is 0 Å². The average Bonchev–Trinajstić information content (AvgIpc) is 2.70. The Bertz CT molecular complexity index is 470. The molecule has 0 aromatic heterocycles. The zero-order valence-electron chi connectivity index (χ0n) is 10.5. The molecule has 0 amide bonds. The predicted molar refractivity (Wildman–Crippen MR) is 67.5 cm³/mol. The number of rotatable bonds is 2. The van der Waals surface area contributed by atoms with Crippen molar-refractivity contribution in [3.8, 4) is 0 Å². The summed E-state index contributed by atoms with van der Waals surface area (Å²) in [4.78, 5) is 0. The van der Waals surface area contributed by atoms with Crippen LogP contribution < -0.4 is 0 Å². The zero-order valence-corrected chi connectivity index (χ0v) is 10.5. The van der Waals surface area contributed by atoms with Gasteiger partial charge < -0.3 is 9.47 Å². The van der Waals surface area contributed by atoms with Crippen LogP contribution in [-0.2, 0) is 15.3 Å². The highest BCUT2D eigenvalue weighted by molar-refractivity contribution is 5.79. The zero-order chi connectivity index (χ0) is 11.9. The van der Waals surface area contributed by atoms with E-state index in [4.69, 9.17) is 9.47 Å². The van der Waals surface area contributed by atoms with Crippen LogP contribution in [0, 0.1) is 0 Å². The molecule has 90 valence electrons. The molecule has 3 rings (SSSR count). The number of ether oxygens (including phenoxy) is 2. The second-order valence-corrected chi connectivity index (χ2v) is 4.73. The van der Waals surface area contributed by atoms with Crippen LogP contribution >= 0.6 is 0 Å². The van der Waals surface area contributed by atoms with Gasteiger partial charge in [-0.15, -0.1) is 0 Å². The van der Waals surface area contributed by atoms with Crippen molar-refractivity contribution in [2.75, 3.05) is 14.2 Å². The van der Waals surface area contributed by atoms with Crippen LogP contribution in [-0.4, -0.2) is 14.2 Å². The maximum absolute atomic E-state index is 5.76. The number of hydrogen-bond acceptors (Lipinski definition) is 2. The van der Waals surface area contributed by atoms with Gasteiger partial charge in [0.25, 0.3) is 0 Å². The highest BCUT2D eigenvalue weighted by Crippen LogP contribution is 2.52. The maximum Gasteiger partial charge on any atom is 0.218 e. The molecule has 0 N–H and O–H groups in total. The van der Waals surface area contributed by atoms with Gasteiger partial charge >= 0.3 is 0 Å². The SMILES string of the molecule is COC1(OC)C2=C(CCCC2)c2ccccc21. The van der Waals surface area contributed by atoms with Gasteiger partial charge in [0.1, 0.15) is 0 Å². The number of fused-ring (bicyclic) bond motifs is 2. The standard InChI is InChI=1S/C15H18O2/c1-16-15(17-2)13-9-5-3-7-11(13)12-8-4-6-10-14(12)15/h3,5,7,9H,4,6,8,10H2,1-2H3. The van der Waals surface area contributed by atoms with Crippen LogP contribution in [0.3, 0.4) is 0 Å². The van der Waals surface area contributed by atoms with Gasteiger partial charge in [-0.3, -0.25) is 0 Å². The lowest BCUT2D eigenvalue weighted by atomic mass is 9.90. The Labute approximate surface area is 102 Å². The van der Waals surface area contributed by atoms with E-state index >= 15 is 0 Å². The van der Waals surface area contributed by atoms with Crippen molar-refractivity contribution in [1.29, 1.82) is 0 Å². The quantitative estimate of drug-likeness (QED) is 0.724. The lowest BCUT2D eigenvalue weighted by molar-refractivity contribution is -0.186. The molecular formula is C15H18O2. The third-order valence-electron chi connectivity index (χ3n) is 4.05. The predicted octanol–water partition coefficient (Wildman–Crippen LogP) is 3.47. The molecule has 0 saturated carbocycles. The third kappa shape index (κ3) is 1.34. The molecule has 1 aromatic carbocycles. The van der Waals surface area contributed by atoms with Gasteiger partial charge in [-0.2, -0.15) is 0 Å². The van der Waals surface area contributed by atoms with Gasteiger partial charge in [0.2, 0.25) is 5.79 Å². The molecule has 17 heavy (non-hydrogen) atoms. The fourth-order valence-electron chi connectivity index (χ4n) is 3.31. The Morgan fingerprint density at radius 3 is 2.47 bits per heavy atom. The summed E-state index contributed by atoms with van der Waals surface area (Å²) >= 11 is 0. The summed E-state index contributed by atoms with van der Waals surface area (Å²) < 4.78 is 11.5. The summed E-state index contributed by atoms with van der Waals surface area (Å²) in [6.07, 6.45) is 4.75. The summed E-state index contributed by atoms with van der Waals surface area (Å²) in [6.45, 7) is 0. The van der Waals surface area contributed by atoms with Crippen molar-refractivity contribution in [2.45, 2.75) is 31.5 Å². The molecule has 2 aliphatic rings. The molecule has 0 bridgehead atoms. The van der Waals surface area contributed by atoms with Crippen molar-refractivity contribution >= 4 is 5.57 Å². The highest BCUT2D eigenvalue weighted by Gasteiger charge is 2.46. The monoisotopic (exact) mass is 230 g/mol. The Morgan fingerprint density at radius 1 is 1.00 bits per heavy atom. The Morgan fingerprint density at radius 2 is 1.71 bits per heavy atom. The minimum absolute atomic E-state index is 0.619. The van der Waals surface area contributed by atoms with Crippen LogP contribution in [0.15, 0.2) is 29.8 Å². The Kier molecular flexibility index (Phi) is 2.57. The lowest BCUT2D eigenvalue weighted by Crippen LogP contribution is -2.31. The smallest absolute Gasteiger partial charge is 0.218 e. The van der Waals surface area contributed by atoms with Gasteiger partial charge in [0.05, 0.1) is 0 Å². The van der Waals surface area contributed by atoms with E-state index in [2.05, 4.69) is 24.3 Å². The summed E-state index contributed by atoms with van der Waals surface area (Å²) in [5.41, 5.74) is 5.30. The first-order valence-corrected chi connectivity index (χ1v) is 6.26. The van der Waals surface area contributed by atoms with Crippen molar-refractivity contribution in [3.63, 3.8) is 0 Å². The molecule has 2 aliphatic carbocycles. The van der Waals surface area contributed by atoms with Crippen LogP contribution in [0.5, 0.6) is 0 Å². The summed E-state index contributed by atoms with van der Waals surface area (Å²) in [5, 5.41) is 0. The van der Waals surface area contributed by atoms with Gasteiger partial charge in [-0.05, 0) is 42.4 Å². The van der Waals surface area contributed by atoms with E-state index < -0.39 is 5.79 Å². The number of methoxy groups -OCH3 is 2. The highest BCUT2D eigenvalue weighted by atomic mass is 16.7. The first-order valence-electron chi connectivity index (χ1n) is 6.26. The normalized spacial score (nSPS) is 21.3. The minimum atomic E-state index is -0.619. The summed E-state index contributed by atoms with van der Waals surface area (Å²) in [7, 11) is 3.48. The van der Waals surface area contributed by atoms with Crippen LogP contribution in [0.1, 0.15) is 36.8 Å². The van der Waals surface area contributed by atoms with E-state index in [-0.39, 0.29) is 0 Å². The van der Waals surface area contributed by atoms with Crippen LogP contribution in [0.25, 0.3) is 5.57 Å². The van der Waals surface area contributed by atoms with E-state index in [1.807, 2.05) is 0 Å². The van der Waals surface area contributed by atoms with E-state index in [0.29, 0.717) is 0 Å². The Balaban J connectivity index is 2.24. The fraction of sp³-hybridized carbons (Fsp3) is 0.467. The van der Waals surface area contributed by atoms with Crippen molar-refractivity contribution < 1.29 is 9.47 Å². The number of allylic oxidation sites excluding steroid dienone is 1. The molecule has 0 fully saturated rings. The molecule has 0 heterocycles. The average molecular weight is 230 g/mol. The van der Waals surface area contributed by atoms with E-state index in [1.54, 1.807) is 14.2 Å². The van der Waals surface area contributed by atoms with Crippen molar-refractivity contribution in [3.05, 3.63) is 41.0 Å². The first kappa shape index (κ1) is 11.0. The second kappa shape index (κ2) is 3.97. The van der Waals surface area contributed by atoms with Crippen molar-refractivity contribution in [1.82, 2.24) is 0 Å². The first-order chi connectivity index (χ1) is 8.33. The molecule has 0 aliphatic heterocycles. The molecular weight excluding hydrogens is 212 g/mol. The fourth-order valence-corrected chi connectivity index (χ4v) is 3.31. The van der Waals surface area contributed by atoms with Gasteiger partial charge in [-0.1, -0.05) is 24.3 Å². The third-order valence-corrected chi connectivity index (χ3v) is 4.05. The molecule has 0 unspecified atom stereocenters. The molecule has 0 spiro atoms. The van der Waals surface area contributed by atoms with Crippen molar-refractivity contribution in [2.24, 2.45) is 0 Å². The van der Waals surface area contributed by atoms with Gasteiger partial charge in [0.15, 0.2) is 0 Å². The van der Waals surface area contributed by atoms with Crippen LogP contribution in [0.2, 0.25) is 0 Å².